The molecule has 7 nitrogen and oxygen atoms in total. The lowest BCUT2D eigenvalue weighted by Crippen LogP contribution is -2.42. The van der Waals surface area contributed by atoms with E-state index in [4.69, 9.17) is 0 Å². The molecule has 25 heavy (non-hydrogen) atoms. The molecule has 2 amide bonds. The van der Waals surface area contributed by atoms with E-state index < -0.39 is 17.3 Å². The number of nitrogens with zero attached hydrogens (tertiary/aromatic N) is 3. The van der Waals surface area contributed by atoms with Crippen LogP contribution in [0.15, 0.2) is 40.2 Å². The second kappa shape index (κ2) is 7.06. The zero-order valence-electron chi connectivity index (χ0n) is 13.4. The Morgan fingerprint density at radius 1 is 1.40 bits per heavy atom. The van der Waals surface area contributed by atoms with E-state index in [2.05, 4.69) is 10.4 Å². The van der Waals surface area contributed by atoms with Crippen LogP contribution in [0.3, 0.4) is 0 Å². The van der Waals surface area contributed by atoms with Gasteiger partial charge >= 0.3 is 0 Å². The Morgan fingerprint density at radius 3 is 2.92 bits per heavy atom. The van der Waals surface area contributed by atoms with Crippen LogP contribution in [0.4, 0.5) is 15.8 Å². The summed E-state index contributed by atoms with van der Waals surface area (Å²) in [6, 6.07) is 5.45. The van der Waals surface area contributed by atoms with Crippen molar-refractivity contribution in [2.24, 2.45) is 0 Å². The summed E-state index contributed by atoms with van der Waals surface area (Å²) in [6.07, 6.45) is 1.48. The Balaban J connectivity index is 1.84. The third kappa shape index (κ3) is 3.55. The maximum atomic E-state index is 13.2. The molecule has 0 unspecified atom stereocenters. The van der Waals surface area contributed by atoms with Crippen molar-refractivity contribution >= 4 is 35.0 Å². The summed E-state index contributed by atoms with van der Waals surface area (Å²) in [5, 5.41) is 6.50. The van der Waals surface area contributed by atoms with Gasteiger partial charge in [-0.05, 0) is 25.1 Å². The van der Waals surface area contributed by atoms with Gasteiger partial charge in [-0.15, -0.1) is 11.8 Å². The van der Waals surface area contributed by atoms with Crippen molar-refractivity contribution in [3.05, 3.63) is 46.6 Å². The Bertz CT molecular complexity index is 899. The van der Waals surface area contributed by atoms with Crippen molar-refractivity contribution in [3.8, 4) is 0 Å². The van der Waals surface area contributed by atoms with E-state index in [1.54, 1.807) is 6.92 Å². The van der Waals surface area contributed by atoms with Crippen LogP contribution < -0.4 is 15.8 Å². The highest BCUT2D eigenvalue weighted by Gasteiger charge is 2.28. The van der Waals surface area contributed by atoms with Crippen LogP contribution >= 0.6 is 11.8 Å². The minimum atomic E-state index is -0.516. The van der Waals surface area contributed by atoms with Crippen molar-refractivity contribution in [3.63, 3.8) is 0 Å². The third-order valence-corrected chi connectivity index (χ3v) is 4.63. The van der Waals surface area contributed by atoms with Crippen molar-refractivity contribution in [1.82, 2.24) is 9.78 Å². The van der Waals surface area contributed by atoms with Gasteiger partial charge in [0.25, 0.3) is 5.56 Å². The minimum absolute atomic E-state index is 0.154. The molecule has 1 aliphatic heterocycles. The van der Waals surface area contributed by atoms with E-state index in [9.17, 15) is 18.8 Å². The van der Waals surface area contributed by atoms with Crippen molar-refractivity contribution in [2.75, 3.05) is 22.5 Å². The number of fused-ring (bicyclic) bond motifs is 1. The lowest BCUT2D eigenvalue weighted by atomic mass is 10.3. The van der Waals surface area contributed by atoms with Gasteiger partial charge in [0.05, 0.1) is 16.8 Å². The van der Waals surface area contributed by atoms with Gasteiger partial charge in [-0.2, -0.15) is 5.10 Å². The van der Waals surface area contributed by atoms with Gasteiger partial charge in [-0.3, -0.25) is 14.4 Å². The number of halogens is 1. The predicted octanol–water partition coefficient (Wildman–Crippen LogP) is 1.48. The summed E-state index contributed by atoms with van der Waals surface area (Å²) < 4.78 is 14.2. The van der Waals surface area contributed by atoms with E-state index in [1.807, 2.05) is 0 Å². The van der Waals surface area contributed by atoms with Crippen LogP contribution in [-0.4, -0.2) is 33.9 Å². The number of rotatable bonds is 4. The Kier molecular flexibility index (Phi) is 4.84. The van der Waals surface area contributed by atoms with Gasteiger partial charge in [0.15, 0.2) is 0 Å². The van der Waals surface area contributed by atoms with Crippen molar-refractivity contribution in [1.29, 1.82) is 0 Å². The molecule has 9 heteroatoms. The van der Waals surface area contributed by atoms with E-state index >= 15 is 0 Å². The number of nitrogens with one attached hydrogen (secondary N) is 1. The molecule has 0 saturated carbocycles. The second-order valence-electron chi connectivity index (χ2n) is 5.31. The third-order valence-electron chi connectivity index (χ3n) is 3.62. The maximum Gasteiger partial charge on any atom is 0.292 e. The first-order valence-corrected chi connectivity index (χ1v) is 8.57. The molecule has 1 aromatic heterocycles. The fraction of sp³-hybridized carbons (Fsp3) is 0.250. The van der Waals surface area contributed by atoms with Gasteiger partial charge in [-0.25, -0.2) is 9.07 Å². The molecule has 0 spiro atoms. The Hall–Kier alpha value is -2.68. The molecule has 2 aromatic rings. The van der Waals surface area contributed by atoms with Gasteiger partial charge in [-0.1, -0.05) is 6.07 Å². The fourth-order valence-electron chi connectivity index (χ4n) is 2.51. The number of carbonyl (C=O) groups is 2. The van der Waals surface area contributed by atoms with E-state index in [0.717, 1.165) is 4.68 Å². The van der Waals surface area contributed by atoms with Crippen molar-refractivity contribution < 1.29 is 14.0 Å². The largest absolute Gasteiger partial charge is 0.324 e. The average Bonchev–Trinajstić information content (AvgIpc) is 2.57. The molecule has 3 rings (SSSR count). The molecule has 0 radical (unpaired) electrons. The first kappa shape index (κ1) is 17.2. The van der Waals surface area contributed by atoms with E-state index in [0.29, 0.717) is 11.4 Å². The SMILES string of the molecule is CCN1C(=O)CSc2cnn(CC(=O)Nc3cccc(F)c3)c(=O)c21. The molecule has 0 aliphatic carbocycles. The lowest BCUT2D eigenvalue weighted by Gasteiger charge is -2.26. The monoisotopic (exact) mass is 362 g/mol. The summed E-state index contributed by atoms with van der Waals surface area (Å²) in [7, 11) is 0. The van der Waals surface area contributed by atoms with Gasteiger partial charge in [0, 0.05) is 12.2 Å². The maximum absolute atomic E-state index is 13.2. The highest BCUT2D eigenvalue weighted by molar-refractivity contribution is 8.00. The number of hydrogen-bond donors (Lipinski definition) is 1. The fourth-order valence-corrected chi connectivity index (χ4v) is 3.40. The van der Waals surface area contributed by atoms with Gasteiger partial charge < -0.3 is 10.2 Å². The lowest BCUT2D eigenvalue weighted by molar-refractivity contribution is -0.117. The molecule has 1 aliphatic rings. The molecule has 1 aromatic carbocycles. The van der Waals surface area contributed by atoms with Crippen LogP contribution in [0.5, 0.6) is 0 Å². The van der Waals surface area contributed by atoms with Crippen LogP contribution in [0, 0.1) is 5.82 Å². The molecule has 0 bridgehead atoms. The number of aromatic nitrogens is 2. The molecule has 0 saturated heterocycles. The predicted molar refractivity (Wildman–Crippen MR) is 92.3 cm³/mol. The molecule has 1 N–H and O–H groups in total. The summed E-state index contributed by atoms with van der Waals surface area (Å²) in [6.45, 7) is 1.80. The molecular weight excluding hydrogens is 347 g/mol. The van der Waals surface area contributed by atoms with Crippen molar-refractivity contribution in [2.45, 2.75) is 18.4 Å². The minimum Gasteiger partial charge on any atom is -0.324 e. The van der Waals surface area contributed by atoms with E-state index in [1.165, 1.54) is 47.1 Å². The van der Waals surface area contributed by atoms with Crippen LogP contribution in [0.25, 0.3) is 0 Å². The molecule has 2 heterocycles. The smallest absolute Gasteiger partial charge is 0.292 e. The number of thioether (sulfide) groups is 1. The first-order chi connectivity index (χ1) is 12.0. The second-order valence-corrected chi connectivity index (χ2v) is 6.32. The summed E-state index contributed by atoms with van der Waals surface area (Å²) in [5.74, 6) is -0.889. The molecule has 0 fully saturated rings. The van der Waals surface area contributed by atoms with Crippen LogP contribution in [-0.2, 0) is 16.1 Å². The number of benzene rings is 1. The molecule has 130 valence electrons. The van der Waals surface area contributed by atoms with Gasteiger partial charge in [0.1, 0.15) is 18.0 Å². The molecular formula is C16H15FN4O3S. The summed E-state index contributed by atoms with van der Waals surface area (Å²) in [4.78, 5) is 38.7. The quantitative estimate of drug-likeness (QED) is 0.891. The number of carbonyl (C=O) groups excluding carboxylic acids is 2. The zero-order chi connectivity index (χ0) is 18.0. The topological polar surface area (TPSA) is 84.3 Å². The first-order valence-electron chi connectivity index (χ1n) is 7.58. The highest BCUT2D eigenvalue weighted by atomic mass is 32.2. The average molecular weight is 362 g/mol. The van der Waals surface area contributed by atoms with E-state index in [-0.39, 0.29) is 29.6 Å². The number of amides is 2. The zero-order valence-corrected chi connectivity index (χ0v) is 14.2. The van der Waals surface area contributed by atoms with Gasteiger partial charge in [0.2, 0.25) is 11.8 Å². The standard InChI is InChI=1S/C16H15FN4O3S/c1-2-20-14(23)9-25-12-7-18-21(16(24)15(12)20)8-13(22)19-11-5-3-4-10(17)6-11/h3-7H,2,8-9H2,1H3,(H,19,22). The van der Waals surface area contributed by atoms with Crippen LogP contribution in [0.1, 0.15) is 6.92 Å². The Morgan fingerprint density at radius 2 is 2.20 bits per heavy atom. The normalized spacial score (nSPS) is 13.5. The molecule has 0 atom stereocenters. The highest BCUT2D eigenvalue weighted by Crippen LogP contribution is 2.31. The number of hydrogen-bond acceptors (Lipinski definition) is 5. The Labute approximate surface area is 146 Å². The summed E-state index contributed by atoms with van der Waals surface area (Å²) >= 11 is 1.25. The van der Waals surface area contributed by atoms with Crippen LogP contribution in [0.2, 0.25) is 0 Å². The summed E-state index contributed by atoms with van der Waals surface area (Å²) in [5.41, 5.74) is 0.0310. The number of anilines is 2.